The summed E-state index contributed by atoms with van der Waals surface area (Å²) in [7, 11) is 0. The van der Waals surface area contributed by atoms with Gasteiger partial charge in [0.1, 0.15) is 0 Å². The Morgan fingerprint density at radius 1 is 1.29 bits per heavy atom. The molecule has 0 heteroatoms. The summed E-state index contributed by atoms with van der Waals surface area (Å²) >= 11 is 0. The summed E-state index contributed by atoms with van der Waals surface area (Å²) in [5, 5.41) is 0. The first-order chi connectivity index (χ1) is 6.41. The zero-order valence-electron chi connectivity index (χ0n) is 10.7. The standard InChI is InChI=1S/C14H26/c1-7-8-9-10-13(5)12(4)14(13,6)11(2)3/h9-12H,7-8H2,1-6H3. The van der Waals surface area contributed by atoms with E-state index < -0.39 is 0 Å². The Morgan fingerprint density at radius 2 is 1.86 bits per heavy atom. The maximum absolute atomic E-state index is 2.47. The van der Waals surface area contributed by atoms with Gasteiger partial charge >= 0.3 is 0 Å². The number of rotatable bonds is 4. The van der Waals surface area contributed by atoms with Gasteiger partial charge in [-0.15, -0.1) is 0 Å². The van der Waals surface area contributed by atoms with Crippen LogP contribution < -0.4 is 0 Å². The van der Waals surface area contributed by atoms with Crippen LogP contribution in [-0.2, 0) is 0 Å². The molecule has 0 N–H and O–H groups in total. The second kappa shape index (κ2) is 3.72. The summed E-state index contributed by atoms with van der Waals surface area (Å²) in [6, 6.07) is 0. The third-order valence-electron chi connectivity index (χ3n) is 5.00. The zero-order valence-corrected chi connectivity index (χ0v) is 10.7. The van der Waals surface area contributed by atoms with Crippen molar-refractivity contribution in [2.75, 3.05) is 0 Å². The highest BCUT2D eigenvalue weighted by molar-refractivity contribution is 5.24. The molecule has 3 atom stereocenters. The maximum atomic E-state index is 2.47. The molecule has 1 rings (SSSR count). The van der Waals surface area contributed by atoms with Crippen LogP contribution in [0.3, 0.4) is 0 Å². The molecule has 0 bridgehead atoms. The zero-order chi connectivity index (χ0) is 11.0. The van der Waals surface area contributed by atoms with E-state index in [-0.39, 0.29) is 0 Å². The normalized spacial score (nSPS) is 42.4. The van der Waals surface area contributed by atoms with Crippen LogP contribution in [0.4, 0.5) is 0 Å². The summed E-state index contributed by atoms with van der Waals surface area (Å²) in [6.45, 7) is 14.2. The molecular formula is C14H26. The van der Waals surface area contributed by atoms with E-state index in [4.69, 9.17) is 0 Å². The first-order valence-electron chi connectivity index (χ1n) is 6.09. The Balaban J connectivity index is 2.70. The van der Waals surface area contributed by atoms with Crippen molar-refractivity contribution in [2.45, 2.75) is 54.4 Å². The second-order valence-electron chi connectivity index (χ2n) is 5.63. The molecule has 14 heavy (non-hydrogen) atoms. The minimum absolute atomic E-state index is 0.455. The van der Waals surface area contributed by atoms with Gasteiger partial charge in [-0.2, -0.15) is 0 Å². The van der Waals surface area contributed by atoms with Crippen molar-refractivity contribution in [2.24, 2.45) is 22.7 Å². The lowest BCUT2D eigenvalue weighted by Crippen LogP contribution is -2.12. The van der Waals surface area contributed by atoms with Gasteiger partial charge in [-0.25, -0.2) is 0 Å². The molecule has 0 saturated heterocycles. The first-order valence-corrected chi connectivity index (χ1v) is 6.09. The molecule has 1 aliphatic carbocycles. The topological polar surface area (TPSA) is 0 Å². The summed E-state index contributed by atoms with van der Waals surface area (Å²) in [5.41, 5.74) is 0.980. The molecule has 0 spiro atoms. The van der Waals surface area contributed by atoms with Crippen LogP contribution in [0.15, 0.2) is 12.2 Å². The van der Waals surface area contributed by atoms with E-state index in [1.54, 1.807) is 0 Å². The molecule has 0 radical (unpaired) electrons. The van der Waals surface area contributed by atoms with Crippen molar-refractivity contribution in [1.82, 2.24) is 0 Å². The highest BCUT2D eigenvalue weighted by Crippen LogP contribution is 2.72. The van der Waals surface area contributed by atoms with Crippen molar-refractivity contribution in [3.8, 4) is 0 Å². The summed E-state index contributed by atoms with van der Waals surface area (Å²) in [6.07, 6.45) is 7.35. The highest BCUT2D eigenvalue weighted by atomic mass is 14.7. The molecule has 1 saturated carbocycles. The molecule has 3 unspecified atom stereocenters. The lowest BCUT2D eigenvalue weighted by molar-refractivity contribution is 0.320. The summed E-state index contributed by atoms with van der Waals surface area (Å²) in [5.74, 6) is 1.62. The lowest BCUT2D eigenvalue weighted by Gasteiger charge is -2.19. The Bertz CT molecular complexity index is 226. The number of unbranched alkanes of at least 4 members (excludes halogenated alkanes) is 1. The monoisotopic (exact) mass is 194 g/mol. The average molecular weight is 194 g/mol. The number of allylic oxidation sites excluding steroid dienone is 2. The van der Waals surface area contributed by atoms with Gasteiger partial charge in [0.25, 0.3) is 0 Å². The van der Waals surface area contributed by atoms with Crippen molar-refractivity contribution < 1.29 is 0 Å². The first kappa shape index (κ1) is 11.8. The molecule has 0 aromatic carbocycles. The molecule has 0 heterocycles. The van der Waals surface area contributed by atoms with Crippen LogP contribution >= 0.6 is 0 Å². The smallest absolute Gasteiger partial charge is 0.00563 e. The molecule has 1 aliphatic rings. The van der Waals surface area contributed by atoms with E-state index in [2.05, 4.69) is 53.7 Å². The van der Waals surface area contributed by atoms with E-state index in [0.29, 0.717) is 10.8 Å². The minimum atomic E-state index is 0.455. The van der Waals surface area contributed by atoms with Gasteiger partial charge in [0, 0.05) is 0 Å². The van der Waals surface area contributed by atoms with Crippen molar-refractivity contribution in [1.29, 1.82) is 0 Å². The predicted molar refractivity (Wildman–Crippen MR) is 64.3 cm³/mol. The molecule has 1 fully saturated rings. The van der Waals surface area contributed by atoms with Crippen LogP contribution in [0.25, 0.3) is 0 Å². The van der Waals surface area contributed by atoms with E-state index in [9.17, 15) is 0 Å². The third kappa shape index (κ3) is 1.43. The van der Waals surface area contributed by atoms with Gasteiger partial charge in [0.2, 0.25) is 0 Å². The molecular weight excluding hydrogens is 168 g/mol. The Hall–Kier alpha value is -0.260. The van der Waals surface area contributed by atoms with E-state index in [1.807, 2.05) is 0 Å². The summed E-state index contributed by atoms with van der Waals surface area (Å²) in [4.78, 5) is 0. The molecule has 0 aromatic rings. The number of hydrogen-bond donors (Lipinski definition) is 0. The van der Waals surface area contributed by atoms with Crippen molar-refractivity contribution >= 4 is 0 Å². The second-order valence-corrected chi connectivity index (χ2v) is 5.63. The van der Waals surface area contributed by atoms with Crippen LogP contribution in [0.1, 0.15) is 54.4 Å². The van der Waals surface area contributed by atoms with E-state index in [1.165, 1.54) is 12.8 Å². The largest absolute Gasteiger partial charge is 0.0880 e. The van der Waals surface area contributed by atoms with E-state index in [0.717, 1.165) is 11.8 Å². The van der Waals surface area contributed by atoms with Crippen LogP contribution in [0, 0.1) is 22.7 Å². The molecule has 0 aromatic heterocycles. The highest BCUT2D eigenvalue weighted by Gasteiger charge is 2.67. The predicted octanol–water partition coefficient (Wildman–Crippen LogP) is 4.66. The van der Waals surface area contributed by atoms with Gasteiger partial charge in [-0.05, 0) is 29.1 Å². The minimum Gasteiger partial charge on any atom is -0.0880 e. The fourth-order valence-corrected chi connectivity index (χ4v) is 3.07. The molecule has 82 valence electrons. The Morgan fingerprint density at radius 3 is 2.21 bits per heavy atom. The lowest BCUT2D eigenvalue weighted by atomic mass is 9.85. The fraction of sp³-hybridized carbons (Fsp3) is 0.857. The van der Waals surface area contributed by atoms with Gasteiger partial charge in [-0.3, -0.25) is 0 Å². The molecule has 0 aliphatic heterocycles. The average Bonchev–Trinajstić information content (AvgIpc) is 2.55. The van der Waals surface area contributed by atoms with Gasteiger partial charge in [0.15, 0.2) is 0 Å². The van der Waals surface area contributed by atoms with Crippen molar-refractivity contribution in [3.05, 3.63) is 12.2 Å². The quantitative estimate of drug-likeness (QED) is 0.571. The van der Waals surface area contributed by atoms with Crippen LogP contribution in [-0.4, -0.2) is 0 Å². The summed E-state index contributed by atoms with van der Waals surface area (Å²) < 4.78 is 0. The fourth-order valence-electron chi connectivity index (χ4n) is 3.07. The Kier molecular flexibility index (Phi) is 3.13. The van der Waals surface area contributed by atoms with Crippen LogP contribution in [0.5, 0.6) is 0 Å². The molecule has 0 nitrogen and oxygen atoms in total. The third-order valence-corrected chi connectivity index (χ3v) is 5.00. The van der Waals surface area contributed by atoms with Gasteiger partial charge in [0.05, 0.1) is 0 Å². The van der Waals surface area contributed by atoms with Gasteiger partial charge in [-0.1, -0.05) is 60.1 Å². The Labute approximate surface area is 89.8 Å². The van der Waals surface area contributed by atoms with Gasteiger partial charge < -0.3 is 0 Å². The number of hydrogen-bond acceptors (Lipinski definition) is 0. The van der Waals surface area contributed by atoms with E-state index >= 15 is 0 Å². The molecule has 0 amide bonds. The van der Waals surface area contributed by atoms with Crippen molar-refractivity contribution in [3.63, 3.8) is 0 Å². The maximum Gasteiger partial charge on any atom is -0.00563 e. The SMILES string of the molecule is CCCC=CC1(C)C(C)C1(C)C(C)C. The van der Waals surface area contributed by atoms with Crippen LogP contribution in [0.2, 0.25) is 0 Å².